The lowest BCUT2D eigenvalue weighted by atomic mass is 9.91. The van der Waals surface area contributed by atoms with Gasteiger partial charge in [-0.15, -0.1) is 0 Å². The summed E-state index contributed by atoms with van der Waals surface area (Å²) in [6, 6.07) is -0.124. The third-order valence-corrected chi connectivity index (χ3v) is 5.74. The number of hydrogen-bond donors (Lipinski definition) is 1. The van der Waals surface area contributed by atoms with Crippen molar-refractivity contribution in [1.29, 1.82) is 0 Å². The summed E-state index contributed by atoms with van der Waals surface area (Å²) in [6.45, 7) is 1.99. The average Bonchev–Trinajstić information content (AvgIpc) is 2.65. The third-order valence-electron chi connectivity index (χ3n) is 5.74. The molecule has 0 aliphatic carbocycles. The maximum Gasteiger partial charge on any atom is 0.226 e. The SMILES string of the molecule is CN(C)C(=O)C[C@H]1CC[C@H]2[C@@H](COC[C@H](O)CN2C(=O)C2CCOCC2)O1. The summed E-state index contributed by atoms with van der Waals surface area (Å²) in [5.74, 6) is 0.0661. The highest BCUT2D eigenvalue weighted by Crippen LogP contribution is 2.30. The van der Waals surface area contributed by atoms with Gasteiger partial charge in [-0.2, -0.15) is 0 Å². The van der Waals surface area contributed by atoms with Crippen molar-refractivity contribution in [2.24, 2.45) is 5.92 Å². The molecule has 27 heavy (non-hydrogen) atoms. The first-order valence-corrected chi connectivity index (χ1v) is 9.95. The molecule has 8 nitrogen and oxygen atoms in total. The molecule has 0 aromatic rings. The number of nitrogens with zero attached hydrogens (tertiary/aromatic N) is 2. The first kappa shape index (κ1) is 20.5. The van der Waals surface area contributed by atoms with Gasteiger partial charge in [0.05, 0.1) is 37.9 Å². The monoisotopic (exact) mass is 384 g/mol. The Morgan fingerprint density at radius 1 is 1.07 bits per heavy atom. The van der Waals surface area contributed by atoms with Gasteiger partial charge in [-0.05, 0) is 25.7 Å². The van der Waals surface area contributed by atoms with Crippen molar-refractivity contribution in [3.8, 4) is 0 Å². The Bertz CT molecular complexity index is 522. The number of hydrogen-bond acceptors (Lipinski definition) is 6. The molecular weight excluding hydrogens is 352 g/mol. The topological polar surface area (TPSA) is 88.5 Å². The quantitative estimate of drug-likeness (QED) is 0.738. The molecule has 0 saturated carbocycles. The number of aliphatic hydroxyl groups excluding tert-OH is 1. The number of carbonyl (C=O) groups is 2. The van der Waals surface area contributed by atoms with Gasteiger partial charge in [0.25, 0.3) is 0 Å². The van der Waals surface area contributed by atoms with Crippen LogP contribution in [0, 0.1) is 5.92 Å². The number of carbonyl (C=O) groups excluding carboxylic acids is 2. The first-order chi connectivity index (χ1) is 13.0. The van der Waals surface area contributed by atoms with Gasteiger partial charge in [0, 0.05) is 39.8 Å². The second-order valence-electron chi connectivity index (χ2n) is 8.00. The fourth-order valence-corrected chi connectivity index (χ4v) is 4.15. The van der Waals surface area contributed by atoms with E-state index in [1.54, 1.807) is 19.0 Å². The van der Waals surface area contributed by atoms with E-state index in [1.165, 1.54) is 0 Å². The molecule has 3 rings (SSSR count). The number of aliphatic hydroxyl groups is 1. The first-order valence-electron chi connectivity index (χ1n) is 9.95. The molecule has 0 bridgehead atoms. The van der Waals surface area contributed by atoms with Crippen molar-refractivity contribution >= 4 is 11.8 Å². The van der Waals surface area contributed by atoms with Gasteiger partial charge in [0.1, 0.15) is 6.10 Å². The minimum atomic E-state index is -0.692. The van der Waals surface area contributed by atoms with Crippen LogP contribution in [0.2, 0.25) is 0 Å². The van der Waals surface area contributed by atoms with Crippen molar-refractivity contribution in [3.63, 3.8) is 0 Å². The Kier molecular flexibility index (Phi) is 7.08. The van der Waals surface area contributed by atoms with Gasteiger partial charge < -0.3 is 29.1 Å². The van der Waals surface area contributed by atoms with Crippen molar-refractivity contribution in [1.82, 2.24) is 9.80 Å². The summed E-state index contributed by atoms with van der Waals surface area (Å²) in [5, 5.41) is 10.2. The summed E-state index contributed by atoms with van der Waals surface area (Å²) < 4.78 is 17.2. The molecule has 0 aromatic heterocycles. The average molecular weight is 384 g/mol. The zero-order valence-electron chi connectivity index (χ0n) is 16.3. The van der Waals surface area contributed by atoms with Gasteiger partial charge in [-0.1, -0.05) is 0 Å². The second kappa shape index (κ2) is 9.32. The lowest BCUT2D eigenvalue weighted by molar-refractivity contribution is -0.174. The Balaban J connectivity index is 1.69. The minimum absolute atomic E-state index is 0.0378. The van der Waals surface area contributed by atoms with Crippen LogP contribution in [0.4, 0.5) is 0 Å². The smallest absolute Gasteiger partial charge is 0.226 e. The van der Waals surface area contributed by atoms with Crippen LogP contribution in [0.25, 0.3) is 0 Å². The third kappa shape index (κ3) is 5.19. The summed E-state index contributed by atoms with van der Waals surface area (Å²) in [6.07, 6.45) is 2.13. The lowest BCUT2D eigenvalue weighted by Crippen LogP contribution is -2.58. The predicted octanol–water partition coefficient (Wildman–Crippen LogP) is 0.0272. The van der Waals surface area contributed by atoms with Crippen LogP contribution in [0.5, 0.6) is 0 Å². The van der Waals surface area contributed by atoms with Gasteiger partial charge in [0.2, 0.25) is 11.8 Å². The molecule has 0 radical (unpaired) electrons. The van der Waals surface area contributed by atoms with Crippen molar-refractivity contribution in [2.75, 3.05) is 47.1 Å². The molecule has 3 fully saturated rings. The fraction of sp³-hybridized carbons (Fsp3) is 0.895. The Morgan fingerprint density at radius 2 is 1.81 bits per heavy atom. The molecule has 3 saturated heterocycles. The molecule has 0 aromatic carbocycles. The van der Waals surface area contributed by atoms with Crippen molar-refractivity contribution in [2.45, 2.75) is 56.5 Å². The minimum Gasteiger partial charge on any atom is -0.389 e. The Hall–Kier alpha value is -1.22. The van der Waals surface area contributed by atoms with Crippen LogP contribution in [-0.2, 0) is 23.8 Å². The summed E-state index contributed by atoms with van der Waals surface area (Å²) >= 11 is 0. The number of amides is 2. The number of β-amino-alcohol motifs (C(OH)–C–C–N with tert-alkyl or cyclic N) is 1. The largest absolute Gasteiger partial charge is 0.389 e. The zero-order valence-corrected chi connectivity index (χ0v) is 16.3. The molecular formula is C19H32N2O6. The molecule has 8 heteroatoms. The maximum atomic E-state index is 13.2. The lowest BCUT2D eigenvalue weighted by Gasteiger charge is -2.45. The van der Waals surface area contributed by atoms with Crippen LogP contribution in [0.15, 0.2) is 0 Å². The van der Waals surface area contributed by atoms with Crippen molar-refractivity contribution in [3.05, 3.63) is 0 Å². The van der Waals surface area contributed by atoms with E-state index in [-0.39, 0.29) is 49.1 Å². The number of rotatable bonds is 3. The van der Waals surface area contributed by atoms with Gasteiger partial charge in [-0.25, -0.2) is 0 Å². The van der Waals surface area contributed by atoms with Crippen LogP contribution in [0.1, 0.15) is 32.1 Å². The van der Waals surface area contributed by atoms with E-state index in [9.17, 15) is 14.7 Å². The Labute approximate surface area is 160 Å². The molecule has 3 aliphatic rings. The highest BCUT2D eigenvalue weighted by molar-refractivity contribution is 5.79. The highest BCUT2D eigenvalue weighted by Gasteiger charge is 2.41. The molecule has 2 amide bonds. The summed E-state index contributed by atoms with van der Waals surface area (Å²) in [4.78, 5) is 28.6. The van der Waals surface area contributed by atoms with E-state index in [4.69, 9.17) is 14.2 Å². The number of fused-ring (bicyclic) bond motifs is 1. The van der Waals surface area contributed by atoms with E-state index in [0.29, 0.717) is 32.7 Å². The second-order valence-corrected chi connectivity index (χ2v) is 8.00. The van der Waals surface area contributed by atoms with Gasteiger partial charge >= 0.3 is 0 Å². The fourth-order valence-electron chi connectivity index (χ4n) is 4.15. The normalized spacial score (nSPS) is 32.9. The molecule has 154 valence electrons. The molecule has 1 N–H and O–H groups in total. The maximum absolute atomic E-state index is 13.2. The Morgan fingerprint density at radius 3 is 2.52 bits per heavy atom. The molecule has 0 spiro atoms. The molecule has 0 unspecified atom stereocenters. The molecule has 3 aliphatic heterocycles. The van der Waals surface area contributed by atoms with Gasteiger partial charge in [0.15, 0.2) is 0 Å². The number of ether oxygens (including phenoxy) is 3. The van der Waals surface area contributed by atoms with Crippen molar-refractivity contribution < 1.29 is 28.9 Å². The molecule has 4 atom stereocenters. The van der Waals surface area contributed by atoms with Crippen LogP contribution in [0.3, 0.4) is 0 Å². The van der Waals surface area contributed by atoms with Gasteiger partial charge in [-0.3, -0.25) is 9.59 Å². The van der Waals surface area contributed by atoms with E-state index in [0.717, 1.165) is 19.3 Å². The van der Waals surface area contributed by atoms with E-state index < -0.39 is 6.10 Å². The highest BCUT2D eigenvalue weighted by atomic mass is 16.5. The van der Waals surface area contributed by atoms with Crippen LogP contribution >= 0.6 is 0 Å². The van der Waals surface area contributed by atoms with Crippen LogP contribution < -0.4 is 0 Å². The zero-order chi connectivity index (χ0) is 19.4. The summed E-state index contributed by atoms with van der Waals surface area (Å²) in [5.41, 5.74) is 0. The summed E-state index contributed by atoms with van der Waals surface area (Å²) in [7, 11) is 3.48. The predicted molar refractivity (Wildman–Crippen MR) is 97.1 cm³/mol. The standard InChI is InChI=1S/C19H32N2O6/c1-20(2)18(23)9-15-3-4-16-17(27-15)12-26-11-14(22)10-21(16)19(24)13-5-7-25-8-6-13/h13-17,22H,3-12H2,1-2H3/t14-,15-,16+,17-/m1/s1. The molecule has 3 heterocycles. The van der Waals surface area contributed by atoms with E-state index >= 15 is 0 Å². The van der Waals surface area contributed by atoms with E-state index in [2.05, 4.69) is 0 Å². The van der Waals surface area contributed by atoms with Crippen LogP contribution in [-0.4, -0.2) is 98.1 Å². The van der Waals surface area contributed by atoms with E-state index in [1.807, 2.05) is 4.90 Å².